The molecule has 4 nitrogen and oxygen atoms in total. The van der Waals surface area contributed by atoms with Gasteiger partial charge >= 0.3 is 0 Å². The zero-order valence-electron chi connectivity index (χ0n) is 11.6. The van der Waals surface area contributed by atoms with Gasteiger partial charge in [0.2, 0.25) is 0 Å². The molecule has 0 aliphatic carbocycles. The molecule has 0 aromatic heterocycles. The van der Waals surface area contributed by atoms with Crippen LogP contribution in [0.5, 0.6) is 17.2 Å². The number of rotatable bonds is 3. The van der Waals surface area contributed by atoms with E-state index in [1.54, 1.807) is 19.2 Å². The molecule has 110 valence electrons. The minimum atomic E-state index is -0.326. The molecule has 0 saturated heterocycles. The Bertz CT molecular complexity index is 660. The van der Waals surface area contributed by atoms with Crippen molar-refractivity contribution in [3.05, 3.63) is 52.5 Å². The number of hydrogen-bond acceptors (Lipinski definition) is 4. The predicted molar refractivity (Wildman–Crippen MR) is 81.5 cm³/mol. The predicted octanol–water partition coefficient (Wildman–Crippen LogP) is 3.17. The van der Waals surface area contributed by atoms with Crippen LogP contribution in [0.2, 0.25) is 5.02 Å². The summed E-state index contributed by atoms with van der Waals surface area (Å²) in [6.07, 6.45) is 0. The smallest absolute Gasteiger partial charge is 0.161 e. The molecule has 0 fully saturated rings. The first-order chi connectivity index (χ1) is 10.2. The van der Waals surface area contributed by atoms with Gasteiger partial charge in [0.05, 0.1) is 13.2 Å². The quantitative estimate of drug-likeness (QED) is 0.946. The summed E-state index contributed by atoms with van der Waals surface area (Å²) in [5.41, 5.74) is 8.16. The van der Waals surface area contributed by atoms with E-state index in [1.807, 2.05) is 24.3 Å². The van der Waals surface area contributed by atoms with E-state index in [0.29, 0.717) is 24.0 Å². The monoisotopic (exact) mass is 305 g/mol. The van der Waals surface area contributed by atoms with Gasteiger partial charge in [0, 0.05) is 10.6 Å². The number of ether oxygens (including phenoxy) is 3. The Balaban J connectivity index is 1.96. The van der Waals surface area contributed by atoms with Crippen molar-refractivity contribution in [3.63, 3.8) is 0 Å². The van der Waals surface area contributed by atoms with Crippen molar-refractivity contribution >= 4 is 11.6 Å². The molecule has 2 aromatic carbocycles. The highest BCUT2D eigenvalue weighted by Gasteiger charge is 2.18. The average Bonchev–Trinajstić information content (AvgIpc) is 2.53. The summed E-state index contributed by atoms with van der Waals surface area (Å²) in [5, 5.41) is 0.616. The second-order valence-electron chi connectivity index (χ2n) is 4.77. The van der Waals surface area contributed by atoms with Gasteiger partial charge in [0.15, 0.2) is 11.5 Å². The lowest BCUT2D eigenvalue weighted by molar-refractivity contribution is 0.171. The van der Waals surface area contributed by atoms with Gasteiger partial charge in [-0.15, -0.1) is 0 Å². The van der Waals surface area contributed by atoms with Crippen molar-refractivity contribution in [1.82, 2.24) is 0 Å². The summed E-state index contributed by atoms with van der Waals surface area (Å²) in [6.45, 7) is 1.12. The Morgan fingerprint density at radius 1 is 1.10 bits per heavy atom. The molecule has 1 aliphatic heterocycles. The average molecular weight is 306 g/mol. The Morgan fingerprint density at radius 3 is 2.62 bits per heavy atom. The van der Waals surface area contributed by atoms with Crippen molar-refractivity contribution in [2.45, 2.75) is 6.04 Å². The zero-order chi connectivity index (χ0) is 14.8. The number of methoxy groups -OCH3 is 1. The number of hydrogen-bond donors (Lipinski definition) is 1. The maximum Gasteiger partial charge on any atom is 0.161 e. The summed E-state index contributed by atoms with van der Waals surface area (Å²) >= 11 is 5.98. The number of halogens is 1. The zero-order valence-corrected chi connectivity index (χ0v) is 12.4. The largest absolute Gasteiger partial charge is 0.496 e. The first-order valence-electron chi connectivity index (χ1n) is 6.67. The van der Waals surface area contributed by atoms with Crippen LogP contribution in [0.4, 0.5) is 0 Å². The van der Waals surface area contributed by atoms with Crippen LogP contribution in [-0.2, 0) is 0 Å². The summed E-state index contributed by atoms with van der Waals surface area (Å²) in [7, 11) is 1.60. The van der Waals surface area contributed by atoms with Crippen LogP contribution in [0.1, 0.15) is 17.2 Å². The van der Waals surface area contributed by atoms with Gasteiger partial charge in [-0.3, -0.25) is 0 Å². The molecule has 1 aliphatic rings. The minimum Gasteiger partial charge on any atom is -0.496 e. The van der Waals surface area contributed by atoms with Crippen LogP contribution in [0, 0.1) is 0 Å². The van der Waals surface area contributed by atoms with E-state index in [4.69, 9.17) is 31.5 Å². The second kappa shape index (κ2) is 5.84. The van der Waals surface area contributed by atoms with Crippen LogP contribution in [0.3, 0.4) is 0 Å². The number of fused-ring (bicyclic) bond motifs is 1. The topological polar surface area (TPSA) is 53.7 Å². The fraction of sp³-hybridized carbons (Fsp3) is 0.250. The van der Waals surface area contributed by atoms with Crippen molar-refractivity contribution in [1.29, 1.82) is 0 Å². The molecule has 2 N–H and O–H groups in total. The SMILES string of the molecule is COc1cc(Cl)ccc1C(N)c1ccc2c(c1)OCCO2. The van der Waals surface area contributed by atoms with E-state index in [2.05, 4.69) is 0 Å². The highest BCUT2D eigenvalue weighted by Crippen LogP contribution is 2.36. The normalized spacial score (nSPS) is 14.6. The first-order valence-corrected chi connectivity index (χ1v) is 7.05. The summed E-state index contributed by atoms with van der Waals surface area (Å²) < 4.78 is 16.5. The summed E-state index contributed by atoms with van der Waals surface area (Å²) in [5.74, 6) is 2.15. The molecule has 0 radical (unpaired) electrons. The molecular formula is C16H16ClNO3. The number of nitrogens with two attached hydrogens (primary N) is 1. The molecule has 5 heteroatoms. The van der Waals surface area contributed by atoms with Crippen molar-refractivity contribution in [2.75, 3.05) is 20.3 Å². The van der Waals surface area contributed by atoms with Gasteiger partial charge in [0.25, 0.3) is 0 Å². The van der Waals surface area contributed by atoms with Gasteiger partial charge < -0.3 is 19.9 Å². The van der Waals surface area contributed by atoms with Crippen LogP contribution < -0.4 is 19.9 Å². The molecule has 1 atom stereocenters. The molecule has 2 aromatic rings. The van der Waals surface area contributed by atoms with E-state index < -0.39 is 0 Å². The molecule has 0 amide bonds. The van der Waals surface area contributed by atoms with Gasteiger partial charge in [-0.25, -0.2) is 0 Å². The van der Waals surface area contributed by atoms with Gasteiger partial charge in [-0.05, 0) is 29.8 Å². The fourth-order valence-corrected chi connectivity index (χ4v) is 2.54. The maximum absolute atomic E-state index is 6.36. The Labute approximate surface area is 128 Å². The van der Waals surface area contributed by atoms with E-state index in [1.165, 1.54) is 0 Å². The first kappa shape index (κ1) is 14.0. The van der Waals surface area contributed by atoms with E-state index in [0.717, 1.165) is 22.6 Å². The number of benzene rings is 2. The van der Waals surface area contributed by atoms with Crippen LogP contribution >= 0.6 is 11.6 Å². The summed E-state index contributed by atoms with van der Waals surface area (Å²) in [4.78, 5) is 0. The van der Waals surface area contributed by atoms with E-state index in [9.17, 15) is 0 Å². The Morgan fingerprint density at radius 2 is 1.86 bits per heavy atom. The molecule has 1 heterocycles. The standard InChI is InChI=1S/C16H16ClNO3/c1-19-14-9-11(17)3-4-12(14)16(18)10-2-5-13-15(8-10)21-7-6-20-13/h2-5,8-9,16H,6-7,18H2,1H3. The molecule has 0 bridgehead atoms. The Kier molecular flexibility index (Phi) is 3.90. The van der Waals surface area contributed by atoms with Crippen LogP contribution in [-0.4, -0.2) is 20.3 Å². The van der Waals surface area contributed by atoms with Gasteiger partial charge in [0.1, 0.15) is 19.0 Å². The van der Waals surface area contributed by atoms with E-state index in [-0.39, 0.29) is 6.04 Å². The van der Waals surface area contributed by atoms with Crippen molar-refractivity contribution < 1.29 is 14.2 Å². The van der Waals surface area contributed by atoms with Crippen molar-refractivity contribution in [2.24, 2.45) is 5.73 Å². The lowest BCUT2D eigenvalue weighted by atomic mass is 9.98. The summed E-state index contributed by atoms with van der Waals surface area (Å²) in [6, 6.07) is 10.8. The fourth-order valence-electron chi connectivity index (χ4n) is 2.37. The lowest BCUT2D eigenvalue weighted by Crippen LogP contribution is -2.17. The Hall–Kier alpha value is -1.91. The van der Waals surface area contributed by atoms with Crippen LogP contribution in [0.25, 0.3) is 0 Å². The third-order valence-electron chi connectivity index (χ3n) is 3.46. The molecular weight excluding hydrogens is 290 g/mol. The molecule has 1 unspecified atom stereocenters. The lowest BCUT2D eigenvalue weighted by Gasteiger charge is -2.21. The van der Waals surface area contributed by atoms with Crippen molar-refractivity contribution in [3.8, 4) is 17.2 Å². The molecule has 0 spiro atoms. The molecule has 21 heavy (non-hydrogen) atoms. The maximum atomic E-state index is 6.36. The highest BCUT2D eigenvalue weighted by atomic mass is 35.5. The minimum absolute atomic E-state index is 0.326. The highest BCUT2D eigenvalue weighted by molar-refractivity contribution is 6.30. The van der Waals surface area contributed by atoms with E-state index >= 15 is 0 Å². The second-order valence-corrected chi connectivity index (χ2v) is 5.20. The van der Waals surface area contributed by atoms with Gasteiger partial charge in [-0.1, -0.05) is 23.7 Å². The third kappa shape index (κ3) is 2.77. The molecule has 0 saturated carbocycles. The van der Waals surface area contributed by atoms with Crippen LogP contribution in [0.15, 0.2) is 36.4 Å². The van der Waals surface area contributed by atoms with Gasteiger partial charge in [-0.2, -0.15) is 0 Å². The third-order valence-corrected chi connectivity index (χ3v) is 3.69. The molecule has 3 rings (SSSR count).